The highest BCUT2D eigenvalue weighted by Gasteiger charge is 2.49. The average molecular weight is 291 g/mol. The van der Waals surface area contributed by atoms with Gasteiger partial charge in [0.2, 0.25) is 11.8 Å². The smallest absolute Gasteiger partial charge is 0.247 e. The fraction of sp³-hybridized carbons (Fsp3) is 0.750. The lowest BCUT2D eigenvalue weighted by atomic mass is 9.90. The second kappa shape index (κ2) is 5.79. The quantitative estimate of drug-likeness (QED) is 0.722. The molecule has 3 aliphatic rings. The first-order valence-corrected chi connectivity index (χ1v) is 8.02. The number of fused-ring (bicyclic) bond motifs is 2. The van der Waals surface area contributed by atoms with E-state index in [1.807, 2.05) is 30.0 Å². The van der Waals surface area contributed by atoms with Crippen molar-refractivity contribution in [1.82, 2.24) is 14.7 Å². The molecule has 0 aromatic carbocycles. The van der Waals surface area contributed by atoms with Gasteiger partial charge in [-0.1, -0.05) is 6.08 Å². The third kappa shape index (κ3) is 2.71. The Morgan fingerprint density at radius 2 is 2.00 bits per heavy atom. The van der Waals surface area contributed by atoms with E-state index < -0.39 is 0 Å². The molecule has 0 N–H and O–H groups in total. The van der Waals surface area contributed by atoms with E-state index in [-0.39, 0.29) is 23.9 Å². The van der Waals surface area contributed by atoms with Crippen LogP contribution in [0.1, 0.15) is 32.1 Å². The SMILES string of the molecule is CN(C)C/C=C/C(=O)N1C2CC[C@H]1C(=O)N(C1CCC1)C2. The molecule has 2 saturated heterocycles. The Bertz CT molecular complexity index is 456. The summed E-state index contributed by atoms with van der Waals surface area (Å²) in [5.41, 5.74) is 0. The van der Waals surface area contributed by atoms with Gasteiger partial charge in [0.05, 0.1) is 6.04 Å². The zero-order valence-corrected chi connectivity index (χ0v) is 13.0. The second-order valence-electron chi connectivity index (χ2n) is 6.73. The highest BCUT2D eigenvalue weighted by molar-refractivity contribution is 5.95. The van der Waals surface area contributed by atoms with Crippen molar-refractivity contribution in [2.45, 2.75) is 50.2 Å². The van der Waals surface area contributed by atoms with Crippen molar-refractivity contribution in [3.63, 3.8) is 0 Å². The molecule has 5 heteroatoms. The zero-order valence-electron chi connectivity index (χ0n) is 13.0. The van der Waals surface area contributed by atoms with Gasteiger partial charge in [0, 0.05) is 25.2 Å². The van der Waals surface area contributed by atoms with Crippen LogP contribution in [-0.2, 0) is 9.59 Å². The Morgan fingerprint density at radius 3 is 2.62 bits per heavy atom. The molecule has 0 aromatic heterocycles. The van der Waals surface area contributed by atoms with E-state index in [9.17, 15) is 9.59 Å². The van der Waals surface area contributed by atoms with Crippen LogP contribution < -0.4 is 0 Å². The summed E-state index contributed by atoms with van der Waals surface area (Å²) in [7, 11) is 3.94. The van der Waals surface area contributed by atoms with Crippen molar-refractivity contribution < 1.29 is 9.59 Å². The molecular weight excluding hydrogens is 266 g/mol. The summed E-state index contributed by atoms with van der Waals surface area (Å²) >= 11 is 0. The Kier molecular flexibility index (Phi) is 4.02. The van der Waals surface area contributed by atoms with Crippen LogP contribution in [0.4, 0.5) is 0 Å². The summed E-state index contributed by atoms with van der Waals surface area (Å²) in [5, 5.41) is 0. The minimum absolute atomic E-state index is 0.00552. The Balaban J connectivity index is 1.67. The minimum Gasteiger partial charge on any atom is -0.336 e. The second-order valence-corrected chi connectivity index (χ2v) is 6.73. The van der Waals surface area contributed by atoms with Gasteiger partial charge in [0.15, 0.2) is 0 Å². The maximum absolute atomic E-state index is 12.6. The Labute approximate surface area is 126 Å². The maximum atomic E-state index is 12.6. The molecule has 0 aromatic rings. The molecule has 0 spiro atoms. The normalized spacial score (nSPS) is 29.6. The molecule has 2 heterocycles. The molecule has 1 aliphatic carbocycles. The number of likely N-dealkylation sites (N-methyl/N-ethyl adjacent to an activating group) is 1. The first kappa shape index (κ1) is 14.6. The molecule has 5 nitrogen and oxygen atoms in total. The number of carbonyl (C=O) groups excluding carboxylic acids is 2. The van der Waals surface area contributed by atoms with E-state index in [1.165, 1.54) is 6.42 Å². The van der Waals surface area contributed by atoms with Gasteiger partial charge in [-0.2, -0.15) is 0 Å². The van der Waals surface area contributed by atoms with Gasteiger partial charge >= 0.3 is 0 Å². The largest absolute Gasteiger partial charge is 0.336 e. The number of rotatable bonds is 4. The molecule has 2 amide bonds. The molecule has 3 rings (SSSR count). The van der Waals surface area contributed by atoms with Crippen LogP contribution in [0.25, 0.3) is 0 Å². The lowest BCUT2D eigenvalue weighted by Crippen LogP contribution is -2.62. The number of hydrogen-bond acceptors (Lipinski definition) is 3. The van der Waals surface area contributed by atoms with Gasteiger partial charge in [-0.15, -0.1) is 0 Å². The number of piperazine rings is 1. The number of nitrogens with zero attached hydrogens (tertiary/aromatic N) is 3. The fourth-order valence-corrected chi connectivity index (χ4v) is 3.62. The Morgan fingerprint density at radius 1 is 1.24 bits per heavy atom. The van der Waals surface area contributed by atoms with Crippen LogP contribution >= 0.6 is 0 Å². The van der Waals surface area contributed by atoms with Gasteiger partial charge in [0.25, 0.3) is 0 Å². The molecule has 116 valence electrons. The van der Waals surface area contributed by atoms with Gasteiger partial charge in [0.1, 0.15) is 6.04 Å². The van der Waals surface area contributed by atoms with E-state index in [1.54, 1.807) is 6.08 Å². The summed E-state index contributed by atoms with van der Waals surface area (Å²) in [6, 6.07) is 0.466. The standard InChI is InChI=1S/C16H25N3O2/c1-17(2)10-4-7-15(20)19-13-8-9-14(19)16(21)18(11-13)12-5-3-6-12/h4,7,12-14H,3,5-6,8-11H2,1-2H3/b7-4+/t13?,14-/m0/s1. The Hall–Kier alpha value is -1.36. The minimum atomic E-state index is -0.208. The topological polar surface area (TPSA) is 43.9 Å². The van der Waals surface area contributed by atoms with Gasteiger partial charge < -0.3 is 14.7 Å². The van der Waals surface area contributed by atoms with Crippen LogP contribution in [-0.4, -0.2) is 71.8 Å². The van der Waals surface area contributed by atoms with Gasteiger partial charge in [-0.3, -0.25) is 9.59 Å². The van der Waals surface area contributed by atoms with E-state index in [4.69, 9.17) is 0 Å². The molecule has 0 radical (unpaired) electrons. The summed E-state index contributed by atoms with van der Waals surface area (Å²) in [6.07, 6.45) is 8.83. The summed E-state index contributed by atoms with van der Waals surface area (Å²) in [6.45, 7) is 1.49. The molecular formula is C16H25N3O2. The zero-order chi connectivity index (χ0) is 15.0. The molecule has 21 heavy (non-hydrogen) atoms. The van der Waals surface area contributed by atoms with E-state index in [0.29, 0.717) is 6.04 Å². The van der Waals surface area contributed by atoms with Crippen molar-refractivity contribution in [1.29, 1.82) is 0 Å². The lowest BCUT2D eigenvalue weighted by Gasteiger charge is -2.46. The molecule has 1 unspecified atom stereocenters. The van der Waals surface area contributed by atoms with Gasteiger partial charge in [-0.05, 0) is 46.2 Å². The third-order valence-electron chi connectivity index (χ3n) is 4.98. The van der Waals surface area contributed by atoms with E-state index in [0.717, 1.165) is 38.8 Å². The number of carbonyl (C=O) groups is 2. The van der Waals surface area contributed by atoms with Crippen LogP contribution in [0.15, 0.2) is 12.2 Å². The summed E-state index contributed by atoms with van der Waals surface area (Å²) < 4.78 is 0. The van der Waals surface area contributed by atoms with Gasteiger partial charge in [-0.25, -0.2) is 0 Å². The highest BCUT2D eigenvalue weighted by atomic mass is 16.2. The molecule has 2 atom stereocenters. The van der Waals surface area contributed by atoms with E-state index in [2.05, 4.69) is 4.90 Å². The monoisotopic (exact) mass is 291 g/mol. The number of likely N-dealkylation sites (tertiary alicyclic amines) is 1. The predicted molar refractivity (Wildman–Crippen MR) is 80.7 cm³/mol. The molecule has 2 aliphatic heterocycles. The maximum Gasteiger partial charge on any atom is 0.247 e. The van der Waals surface area contributed by atoms with Crippen LogP contribution in [0.5, 0.6) is 0 Å². The van der Waals surface area contributed by atoms with Crippen molar-refractivity contribution in [2.24, 2.45) is 0 Å². The fourth-order valence-electron chi connectivity index (χ4n) is 3.62. The summed E-state index contributed by atoms with van der Waals surface area (Å²) in [5.74, 6) is 0.189. The first-order chi connectivity index (χ1) is 10.1. The van der Waals surface area contributed by atoms with Crippen molar-refractivity contribution >= 4 is 11.8 Å². The molecule has 1 saturated carbocycles. The molecule has 2 bridgehead atoms. The van der Waals surface area contributed by atoms with E-state index >= 15 is 0 Å². The number of hydrogen-bond donors (Lipinski definition) is 0. The van der Waals surface area contributed by atoms with Crippen molar-refractivity contribution in [3.05, 3.63) is 12.2 Å². The first-order valence-electron chi connectivity index (χ1n) is 8.02. The van der Waals surface area contributed by atoms with Crippen molar-refractivity contribution in [2.75, 3.05) is 27.2 Å². The van der Waals surface area contributed by atoms with Crippen LogP contribution in [0, 0.1) is 0 Å². The highest BCUT2D eigenvalue weighted by Crippen LogP contribution is 2.36. The predicted octanol–water partition coefficient (Wildman–Crippen LogP) is 0.858. The lowest BCUT2D eigenvalue weighted by molar-refractivity contribution is -0.153. The van der Waals surface area contributed by atoms with Crippen molar-refractivity contribution in [3.8, 4) is 0 Å². The third-order valence-corrected chi connectivity index (χ3v) is 4.98. The molecule has 3 fully saturated rings. The van der Waals surface area contributed by atoms with Crippen LogP contribution in [0.3, 0.4) is 0 Å². The summed E-state index contributed by atoms with van der Waals surface area (Å²) in [4.78, 5) is 30.9. The number of amides is 2. The van der Waals surface area contributed by atoms with Crippen LogP contribution in [0.2, 0.25) is 0 Å². The average Bonchev–Trinajstić information content (AvgIpc) is 2.71.